The van der Waals surface area contributed by atoms with Gasteiger partial charge in [-0.25, -0.2) is 9.37 Å². The number of likely N-dealkylation sites (tertiary alicyclic amines) is 1. The fourth-order valence-corrected chi connectivity index (χ4v) is 4.47. The molecule has 174 valence electrons. The molecule has 2 fully saturated rings. The maximum Gasteiger partial charge on any atom is 0.263 e. The van der Waals surface area contributed by atoms with Crippen molar-refractivity contribution in [3.8, 4) is 5.75 Å². The van der Waals surface area contributed by atoms with Gasteiger partial charge in [-0.05, 0) is 62.7 Å². The second kappa shape index (κ2) is 9.47. The molecule has 1 aromatic carbocycles. The summed E-state index contributed by atoms with van der Waals surface area (Å²) >= 11 is 0. The molecule has 1 N–H and O–H groups in total. The number of fused-ring (bicyclic) bond motifs is 1. The molecular formula is C25H30FN5O2. The van der Waals surface area contributed by atoms with Crippen LogP contribution in [0.5, 0.6) is 5.75 Å². The number of pyridine rings is 1. The number of aromatic nitrogens is 3. The molecule has 2 aliphatic rings. The van der Waals surface area contributed by atoms with Gasteiger partial charge >= 0.3 is 0 Å². The number of ether oxygens (including phenoxy) is 1. The Morgan fingerprint density at radius 2 is 2.00 bits per heavy atom. The number of nitrogens with one attached hydrogen (secondary N) is 1. The number of hydrogen-bond donors (Lipinski definition) is 1. The Hall–Kier alpha value is -3.00. The van der Waals surface area contributed by atoms with Gasteiger partial charge in [0.05, 0.1) is 17.8 Å². The zero-order chi connectivity index (χ0) is 22.8. The number of rotatable bonds is 8. The van der Waals surface area contributed by atoms with Gasteiger partial charge in [0.15, 0.2) is 0 Å². The van der Waals surface area contributed by atoms with Crippen LogP contribution in [0.2, 0.25) is 0 Å². The number of hydrogen-bond acceptors (Lipinski definition) is 6. The SMILES string of the molecule is CN(CC1CCN(Cc2ccccn2)CC1)c1nc2cc(OCC3CC3)cc(F)c2c(=O)[nH]1. The van der Waals surface area contributed by atoms with Gasteiger partial charge in [0, 0.05) is 38.5 Å². The molecule has 7 nitrogen and oxygen atoms in total. The van der Waals surface area contributed by atoms with Gasteiger partial charge in [-0.1, -0.05) is 6.07 Å². The van der Waals surface area contributed by atoms with Crippen LogP contribution in [0.1, 0.15) is 31.4 Å². The molecule has 1 saturated heterocycles. The van der Waals surface area contributed by atoms with E-state index in [-0.39, 0.29) is 5.39 Å². The maximum atomic E-state index is 14.6. The first-order chi connectivity index (χ1) is 16.0. The third-order valence-electron chi connectivity index (χ3n) is 6.62. The van der Waals surface area contributed by atoms with E-state index in [9.17, 15) is 9.18 Å². The minimum absolute atomic E-state index is 0.0197. The topological polar surface area (TPSA) is 74.4 Å². The first-order valence-electron chi connectivity index (χ1n) is 11.7. The third-order valence-corrected chi connectivity index (χ3v) is 6.62. The molecule has 3 heterocycles. The molecule has 1 saturated carbocycles. The number of halogens is 1. The average molecular weight is 452 g/mol. The minimum Gasteiger partial charge on any atom is -0.493 e. The third kappa shape index (κ3) is 5.33. The maximum absolute atomic E-state index is 14.6. The van der Waals surface area contributed by atoms with Crippen molar-refractivity contribution in [2.75, 3.05) is 38.2 Å². The second-order valence-electron chi connectivity index (χ2n) is 9.36. The molecule has 2 aromatic heterocycles. The highest BCUT2D eigenvalue weighted by Gasteiger charge is 2.24. The van der Waals surface area contributed by atoms with E-state index in [4.69, 9.17) is 4.74 Å². The van der Waals surface area contributed by atoms with E-state index in [1.54, 1.807) is 6.07 Å². The standard InChI is InChI=1S/C25H30FN5O2/c1-30(14-17-7-10-31(11-8-17)15-19-4-2-3-9-27-19)25-28-22-13-20(33-16-18-5-6-18)12-21(26)23(22)24(32)29-25/h2-4,9,12-13,17-18H,5-8,10-11,14-16H2,1H3,(H,28,29,32). The van der Waals surface area contributed by atoms with Gasteiger partial charge in [0.25, 0.3) is 5.56 Å². The summed E-state index contributed by atoms with van der Waals surface area (Å²) in [5.41, 5.74) is 0.966. The van der Waals surface area contributed by atoms with Crippen LogP contribution >= 0.6 is 0 Å². The molecule has 0 atom stereocenters. The molecule has 8 heteroatoms. The number of benzene rings is 1. The molecule has 33 heavy (non-hydrogen) atoms. The van der Waals surface area contributed by atoms with Crippen molar-refractivity contribution < 1.29 is 9.13 Å². The molecule has 0 amide bonds. The van der Waals surface area contributed by atoms with Gasteiger partial charge in [-0.3, -0.25) is 19.7 Å². The van der Waals surface area contributed by atoms with E-state index >= 15 is 0 Å². The zero-order valence-electron chi connectivity index (χ0n) is 19.0. The van der Waals surface area contributed by atoms with Gasteiger partial charge < -0.3 is 9.64 Å². The first kappa shape index (κ1) is 21.8. The average Bonchev–Trinajstić information content (AvgIpc) is 3.64. The van der Waals surface area contributed by atoms with Crippen molar-refractivity contribution in [3.63, 3.8) is 0 Å². The Balaban J connectivity index is 1.23. The van der Waals surface area contributed by atoms with E-state index in [2.05, 4.69) is 25.9 Å². The number of H-pyrrole nitrogens is 1. The van der Waals surface area contributed by atoms with Crippen LogP contribution < -0.4 is 15.2 Å². The van der Waals surface area contributed by atoms with Crippen molar-refractivity contribution in [1.82, 2.24) is 19.9 Å². The fourth-order valence-electron chi connectivity index (χ4n) is 4.47. The fraction of sp³-hybridized carbons (Fsp3) is 0.480. The molecule has 1 aliphatic heterocycles. The number of aromatic amines is 1. The van der Waals surface area contributed by atoms with Crippen molar-refractivity contribution >= 4 is 16.9 Å². The van der Waals surface area contributed by atoms with E-state index in [0.717, 1.165) is 57.6 Å². The number of anilines is 1. The van der Waals surface area contributed by atoms with Crippen LogP contribution in [0.15, 0.2) is 41.3 Å². The van der Waals surface area contributed by atoms with Crippen LogP contribution in [-0.2, 0) is 6.54 Å². The van der Waals surface area contributed by atoms with Crippen LogP contribution in [0.3, 0.4) is 0 Å². The first-order valence-corrected chi connectivity index (χ1v) is 11.7. The zero-order valence-corrected chi connectivity index (χ0v) is 19.0. The summed E-state index contributed by atoms with van der Waals surface area (Å²) in [7, 11) is 1.92. The molecule has 0 spiro atoms. The lowest BCUT2D eigenvalue weighted by Gasteiger charge is -2.33. The predicted octanol–water partition coefficient (Wildman–Crippen LogP) is 3.59. The van der Waals surface area contributed by atoms with Gasteiger partial charge in [0.1, 0.15) is 17.0 Å². The lowest BCUT2D eigenvalue weighted by atomic mass is 9.96. The Bertz CT molecular complexity index is 1160. The van der Waals surface area contributed by atoms with E-state index in [1.807, 2.05) is 30.3 Å². The summed E-state index contributed by atoms with van der Waals surface area (Å²) in [5.74, 6) is 1.36. The summed E-state index contributed by atoms with van der Waals surface area (Å²) in [5, 5.41) is -0.0197. The number of nitrogens with zero attached hydrogens (tertiary/aromatic N) is 4. The Morgan fingerprint density at radius 3 is 2.73 bits per heavy atom. The Morgan fingerprint density at radius 1 is 1.18 bits per heavy atom. The van der Waals surface area contributed by atoms with E-state index in [1.165, 1.54) is 6.07 Å². The van der Waals surface area contributed by atoms with Crippen LogP contribution in [-0.4, -0.2) is 53.1 Å². The molecule has 0 unspecified atom stereocenters. The molecule has 3 aromatic rings. The quantitative estimate of drug-likeness (QED) is 0.564. The summed E-state index contributed by atoms with van der Waals surface area (Å²) in [6, 6.07) is 8.97. The highest BCUT2D eigenvalue weighted by molar-refractivity contribution is 5.80. The monoisotopic (exact) mass is 451 g/mol. The minimum atomic E-state index is -0.596. The van der Waals surface area contributed by atoms with Gasteiger partial charge in [0.2, 0.25) is 5.95 Å². The molecular weight excluding hydrogens is 421 g/mol. The summed E-state index contributed by atoms with van der Waals surface area (Å²) < 4.78 is 20.3. The summed E-state index contributed by atoms with van der Waals surface area (Å²) in [4.78, 5) is 28.8. The molecule has 0 radical (unpaired) electrons. The Labute approximate surface area is 192 Å². The lowest BCUT2D eigenvalue weighted by molar-refractivity contribution is 0.178. The normalized spacial score (nSPS) is 17.4. The second-order valence-corrected chi connectivity index (χ2v) is 9.36. The summed E-state index contributed by atoms with van der Waals surface area (Å²) in [6.07, 6.45) is 6.30. The molecule has 0 bridgehead atoms. The van der Waals surface area contributed by atoms with Crippen molar-refractivity contribution in [2.24, 2.45) is 11.8 Å². The Kier molecular flexibility index (Phi) is 6.26. The highest BCUT2D eigenvalue weighted by atomic mass is 19.1. The van der Waals surface area contributed by atoms with Gasteiger partial charge in [-0.15, -0.1) is 0 Å². The van der Waals surface area contributed by atoms with Crippen LogP contribution in [0.4, 0.5) is 10.3 Å². The molecule has 5 rings (SSSR count). The van der Waals surface area contributed by atoms with E-state index in [0.29, 0.717) is 35.7 Å². The summed E-state index contributed by atoms with van der Waals surface area (Å²) in [6.45, 7) is 4.28. The predicted molar refractivity (Wildman–Crippen MR) is 126 cm³/mol. The van der Waals surface area contributed by atoms with E-state index < -0.39 is 11.4 Å². The largest absolute Gasteiger partial charge is 0.493 e. The van der Waals surface area contributed by atoms with Crippen LogP contribution in [0.25, 0.3) is 10.9 Å². The van der Waals surface area contributed by atoms with Crippen molar-refractivity contribution in [1.29, 1.82) is 0 Å². The van der Waals surface area contributed by atoms with Gasteiger partial charge in [-0.2, -0.15) is 0 Å². The number of piperidine rings is 1. The lowest BCUT2D eigenvalue weighted by Crippen LogP contribution is -2.38. The van der Waals surface area contributed by atoms with Crippen molar-refractivity contribution in [2.45, 2.75) is 32.2 Å². The smallest absolute Gasteiger partial charge is 0.263 e. The van der Waals surface area contributed by atoms with Crippen LogP contribution in [0, 0.1) is 17.7 Å². The molecule has 1 aliphatic carbocycles. The van der Waals surface area contributed by atoms with Crippen molar-refractivity contribution in [3.05, 3.63) is 58.4 Å². The highest BCUT2D eigenvalue weighted by Crippen LogP contribution is 2.30.